The molecule has 0 unspecified atom stereocenters. The molecule has 2 fully saturated rings. The molecule has 3 heterocycles. The summed E-state index contributed by atoms with van der Waals surface area (Å²) in [6.07, 6.45) is 1.82. The Bertz CT molecular complexity index is 789. The first-order valence-corrected chi connectivity index (χ1v) is 10.7. The van der Waals surface area contributed by atoms with Crippen LogP contribution >= 0.6 is 11.3 Å². The molecule has 1 aromatic heterocycles. The second-order valence-corrected chi connectivity index (χ2v) is 8.95. The van der Waals surface area contributed by atoms with Crippen LogP contribution in [0.4, 0.5) is 18.3 Å². The second-order valence-electron chi connectivity index (χ2n) is 8.00. The third kappa shape index (κ3) is 4.03. The fraction of sp³-hybridized carbons (Fsp3) is 0.600. The number of piperidine rings is 2. The van der Waals surface area contributed by atoms with E-state index in [1.54, 1.807) is 0 Å². The zero-order valence-corrected chi connectivity index (χ0v) is 16.8. The molecular weight excluding hydrogens is 385 g/mol. The fourth-order valence-corrected chi connectivity index (χ4v) is 5.09. The average molecular weight is 411 g/mol. The van der Waals surface area contributed by atoms with Gasteiger partial charge in [0.05, 0.1) is 5.56 Å². The Kier molecular flexibility index (Phi) is 5.35. The van der Waals surface area contributed by atoms with Crippen LogP contribution in [0.3, 0.4) is 0 Å². The van der Waals surface area contributed by atoms with Crippen LogP contribution in [-0.4, -0.2) is 46.8 Å². The highest BCUT2D eigenvalue weighted by Crippen LogP contribution is 2.36. The predicted molar refractivity (Wildman–Crippen MR) is 106 cm³/mol. The van der Waals surface area contributed by atoms with E-state index < -0.39 is 11.7 Å². The summed E-state index contributed by atoms with van der Waals surface area (Å²) in [5.41, 5.74) is 0.290. The molecule has 1 aromatic carbocycles. The SMILES string of the molecule is CC1(N2CCCCC2)CCN(c2nnc(-c3ccc(C(F)(F)F)cc3)s2)CC1. The molecule has 4 nitrogen and oxygen atoms in total. The molecule has 0 bridgehead atoms. The number of halogens is 3. The molecule has 28 heavy (non-hydrogen) atoms. The highest BCUT2D eigenvalue weighted by atomic mass is 32.1. The van der Waals surface area contributed by atoms with E-state index in [9.17, 15) is 13.2 Å². The summed E-state index contributed by atoms with van der Waals surface area (Å²) < 4.78 is 38.2. The maximum atomic E-state index is 12.7. The highest BCUT2D eigenvalue weighted by molar-refractivity contribution is 7.18. The number of aromatic nitrogens is 2. The van der Waals surface area contributed by atoms with Gasteiger partial charge in [-0.15, -0.1) is 10.2 Å². The Labute approximate surface area is 167 Å². The minimum Gasteiger partial charge on any atom is -0.347 e. The van der Waals surface area contributed by atoms with Crippen LogP contribution in [0.2, 0.25) is 0 Å². The van der Waals surface area contributed by atoms with Crippen molar-refractivity contribution in [3.05, 3.63) is 29.8 Å². The van der Waals surface area contributed by atoms with Crippen molar-refractivity contribution in [3.63, 3.8) is 0 Å². The van der Waals surface area contributed by atoms with Gasteiger partial charge in [0.2, 0.25) is 5.13 Å². The number of likely N-dealkylation sites (tertiary alicyclic amines) is 1. The normalized spacial score (nSPS) is 21.1. The summed E-state index contributed by atoms with van der Waals surface area (Å²) in [6.45, 7) is 6.66. The van der Waals surface area contributed by atoms with Gasteiger partial charge >= 0.3 is 6.18 Å². The van der Waals surface area contributed by atoms with Crippen LogP contribution < -0.4 is 4.90 Å². The fourth-order valence-electron chi connectivity index (χ4n) is 4.19. The van der Waals surface area contributed by atoms with E-state index in [1.165, 1.54) is 55.8 Å². The molecule has 0 radical (unpaired) electrons. The van der Waals surface area contributed by atoms with Gasteiger partial charge in [-0.1, -0.05) is 29.9 Å². The van der Waals surface area contributed by atoms with E-state index >= 15 is 0 Å². The van der Waals surface area contributed by atoms with Crippen LogP contribution in [0.25, 0.3) is 10.6 Å². The monoisotopic (exact) mass is 410 g/mol. The molecule has 2 aliphatic heterocycles. The van der Waals surface area contributed by atoms with Crippen molar-refractivity contribution in [1.82, 2.24) is 15.1 Å². The lowest BCUT2D eigenvalue weighted by atomic mass is 9.86. The van der Waals surface area contributed by atoms with E-state index in [0.29, 0.717) is 10.6 Å². The van der Waals surface area contributed by atoms with Crippen LogP contribution in [0, 0.1) is 0 Å². The van der Waals surface area contributed by atoms with Crippen LogP contribution in [0.15, 0.2) is 24.3 Å². The Morgan fingerprint density at radius 2 is 1.57 bits per heavy atom. The topological polar surface area (TPSA) is 32.3 Å². The van der Waals surface area contributed by atoms with Crippen molar-refractivity contribution in [2.45, 2.75) is 50.7 Å². The Morgan fingerprint density at radius 3 is 2.18 bits per heavy atom. The van der Waals surface area contributed by atoms with Crippen molar-refractivity contribution in [2.24, 2.45) is 0 Å². The molecule has 152 valence electrons. The number of benzene rings is 1. The lowest BCUT2D eigenvalue weighted by Crippen LogP contribution is -2.55. The molecule has 2 aromatic rings. The van der Waals surface area contributed by atoms with Gasteiger partial charge < -0.3 is 4.90 Å². The largest absolute Gasteiger partial charge is 0.416 e. The summed E-state index contributed by atoms with van der Waals surface area (Å²) >= 11 is 1.45. The summed E-state index contributed by atoms with van der Waals surface area (Å²) in [5, 5.41) is 10.0. The van der Waals surface area contributed by atoms with Gasteiger partial charge in [-0.05, 0) is 57.8 Å². The first kappa shape index (κ1) is 19.6. The molecule has 2 saturated heterocycles. The Morgan fingerprint density at radius 1 is 0.929 bits per heavy atom. The lowest BCUT2D eigenvalue weighted by Gasteiger charge is -2.48. The van der Waals surface area contributed by atoms with Crippen molar-refractivity contribution in [3.8, 4) is 10.6 Å². The Hall–Kier alpha value is -1.67. The second kappa shape index (κ2) is 7.63. The van der Waals surface area contributed by atoms with Crippen LogP contribution in [0.1, 0.15) is 44.6 Å². The first-order chi connectivity index (χ1) is 13.4. The van der Waals surface area contributed by atoms with E-state index in [-0.39, 0.29) is 5.54 Å². The van der Waals surface area contributed by atoms with E-state index in [0.717, 1.165) is 43.2 Å². The molecule has 0 aliphatic carbocycles. The molecular formula is C20H25F3N4S. The van der Waals surface area contributed by atoms with E-state index in [4.69, 9.17) is 0 Å². The quantitative estimate of drug-likeness (QED) is 0.707. The summed E-state index contributed by atoms with van der Waals surface area (Å²) in [5.74, 6) is 0. The third-order valence-electron chi connectivity index (χ3n) is 6.10. The number of alkyl halides is 3. The van der Waals surface area contributed by atoms with Crippen LogP contribution in [-0.2, 0) is 6.18 Å². The number of hydrogen-bond acceptors (Lipinski definition) is 5. The number of nitrogens with zero attached hydrogens (tertiary/aromatic N) is 4. The average Bonchev–Trinajstić information content (AvgIpc) is 3.19. The molecule has 2 aliphatic rings. The standard InChI is InChI=1S/C20H25F3N4S/c1-19(27-11-3-2-4-12-27)9-13-26(14-10-19)18-25-24-17(28-18)15-5-7-16(8-6-15)20(21,22)23/h5-8H,2-4,9-14H2,1H3. The van der Waals surface area contributed by atoms with Gasteiger partial charge in [-0.2, -0.15) is 13.2 Å². The summed E-state index contributed by atoms with van der Waals surface area (Å²) in [6, 6.07) is 5.14. The molecule has 0 N–H and O–H groups in total. The summed E-state index contributed by atoms with van der Waals surface area (Å²) in [7, 11) is 0. The Balaban J connectivity index is 1.41. The van der Waals surface area contributed by atoms with Crippen molar-refractivity contribution in [1.29, 1.82) is 0 Å². The molecule has 0 saturated carbocycles. The maximum Gasteiger partial charge on any atom is 0.416 e. The van der Waals surface area contributed by atoms with Gasteiger partial charge in [0, 0.05) is 24.2 Å². The number of hydrogen-bond donors (Lipinski definition) is 0. The maximum absolute atomic E-state index is 12.7. The van der Waals surface area contributed by atoms with E-state index in [2.05, 4.69) is 26.9 Å². The van der Waals surface area contributed by atoms with Gasteiger partial charge in [0.25, 0.3) is 0 Å². The minimum absolute atomic E-state index is 0.262. The minimum atomic E-state index is -4.32. The molecule has 4 rings (SSSR count). The van der Waals surface area contributed by atoms with E-state index in [1.807, 2.05) is 0 Å². The smallest absolute Gasteiger partial charge is 0.347 e. The predicted octanol–water partition coefficient (Wildman–Crippen LogP) is 5.07. The van der Waals surface area contributed by atoms with Gasteiger partial charge in [0.15, 0.2) is 0 Å². The van der Waals surface area contributed by atoms with Crippen LogP contribution in [0.5, 0.6) is 0 Å². The zero-order chi connectivity index (χ0) is 19.8. The third-order valence-corrected chi connectivity index (χ3v) is 7.14. The van der Waals surface area contributed by atoms with Crippen molar-refractivity contribution in [2.75, 3.05) is 31.1 Å². The molecule has 0 spiro atoms. The molecule has 0 atom stereocenters. The number of rotatable bonds is 3. The molecule has 8 heteroatoms. The van der Waals surface area contributed by atoms with Crippen molar-refractivity contribution >= 4 is 16.5 Å². The zero-order valence-electron chi connectivity index (χ0n) is 16.0. The van der Waals surface area contributed by atoms with Gasteiger partial charge in [-0.3, -0.25) is 4.90 Å². The summed E-state index contributed by atoms with van der Waals surface area (Å²) in [4.78, 5) is 4.92. The molecule has 0 amide bonds. The highest BCUT2D eigenvalue weighted by Gasteiger charge is 2.36. The van der Waals surface area contributed by atoms with Gasteiger partial charge in [0.1, 0.15) is 5.01 Å². The first-order valence-electron chi connectivity index (χ1n) is 9.86. The van der Waals surface area contributed by atoms with Crippen molar-refractivity contribution < 1.29 is 13.2 Å². The number of anilines is 1. The van der Waals surface area contributed by atoms with Gasteiger partial charge in [-0.25, -0.2) is 0 Å². The lowest BCUT2D eigenvalue weighted by molar-refractivity contribution is -0.137.